The van der Waals surface area contributed by atoms with Crippen molar-refractivity contribution in [2.24, 2.45) is 0 Å². The molecular formula is C23H22BrClN2O4S. The molecule has 0 saturated heterocycles. The van der Waals surface area contributed by atoms with Gasteiger partial charge in [0.1, 0.15) is 5.75 Å². The van der Waals surface area contributed by atoms with Gasteiger partial charge in [0.05, 0.1) is 9.37 Å². The Kier molecular flexibility index (Phi) is 7.48. The van der Waals surface area contributed by atoms with Crippen molar-refractivity contribution in [3.8, 4) is 5.75 Å². The van der Waals surface area contributed by atoms with Crippen molar-refractivity contribution in [1.29, 1.82) is 0 Å². The first-order valence-corrected chi connectivity index (χ1v) is 12.3. The maximum Gasteiger partial charge on any atom is 0.265 e. The van der Waals surface area contributed by atoms with Crippen molar-refractivity contribution in [3.63, 3.8) is 0 Å². The van der Waals surface area contributed by atoms with E-state index in [2.05, 4.69) is 26.0 Å². The second-order valence-electron chi connectivity index (χ2n) is 7.25. The lowest BCUT2D eigenvalue weighted by Gasteiger charge is -2.16. The molecule has 2 N–H and O–H groups in total. The number of halogens is 2. The van der Waals surface area contributed by atoms with Gasteiger partial charge in [0.2, 0.25) is 0 Å². The quantitative estimate of drug-likeness (QED) is 0.391. The summed E-state index contributed by atoms with van der Waals surface area (Å²) in [7, 11) is -3.76. The SMILES string of the molecule is Cc1ccc(NS(=O)(=O)c2ccc(NC(=O)C(C)Oc3ccc(Cl)cc3Br)cc2)cc1C. The van der Waals surface area contributed by atoms with Crippen LogP contribution >= 0.6 is 27.5 Å². The van der Waals surface area contributed by atoms with Crippen LogP contribution in [0.4, 0.5) is 11.4 Å². The van der Waals surface area contributed by atoms with E-state index in [0.717, 1.165) is 11.1 Å². The average Bonchev–Trinajstić information content (AvgIpc) is 2.73. The Bertz CT molecular complexity index is 1250. The van der Waals surface area contributed by atoms with Crippen molar-refractivity contribution in [2.45, 2.75) is 31.8 Å². The summed E-state index contributed by atoms with van der Waals surface area (Å²) < 4.78 is 34.2. The number of hydrogen-bond donors (Lipinski definition) is 2. The fraction of sp³-hybridized carbons (Fsp3) is 0.174. The Labute approximate surface area is 201 Å². The van der Waals surface area contributed by atoms with Gasteiger partial charge in [0.15, 0.2) is 6.10 Å². The number of carbonyl (C=O) groups is 1. The van der Waals surface area contributed by atoms with E-state index < -0.39 is 16.1 Å². The first-order valence-electron chi connectivity index (χ1n) is 9.68. The van der Waals surface area contributed by atoms with Gasteiger partial charge in [-0.15, -0.1) is 0 Å². The number of rotatable bonds is 7. The second-order valence-corrected chi connectivity index (χ2v) is 10.2. The lowest BCUT2D eigenvalue weighted by molar-refractivity contribution is -0.122. The minimum absolute atomic E-state index is 0.0862. The molecule has 0 aliphatic rings. The Hall–Kier alpha value is -2.55. The van der Waals surface area contributed by atoms with Crippen LogP contribution in [0.5, 0.6) is 5.75 Å². The molecule has 0 radical (unpaired) electrons. The molecule has 0 spiro atoms. The van der Waals surface area contributed by atoms with Crippen molar-refractivity contribution >= 4 is 54.8 Å². The smallest absolute Gasteiger partial charge is 0.265 e. The summed E-state index contributed by atoms with van der Waals surface area (Å²) in [5, 5.41) is 3.26. The number of nitrogens with one attached hydrogen (secondary N) is 2. The van der Waals surface area contributed by atoms with E-state index in [1.165, 1.54) is 24.3 Å². The number of hydrogen-bond acceptors (Lipinski definition) is 4. The van der Waals surface area contributed by atoms with Crippen LogP contribution in [0.3, 0.4) is 0 Å². The van der Waals surface area contributed by atoms with Crippen LogP contribution in [0.25, 0.3) is 0 Å². The standard InChI is InChI=1S/C23H22BrClN2O4S/c1-14-4-6-19(12-15(14)2)27-32(29,30)20-9-7-18(8-10-20)26-23(28)16(3)31-22-11-5-17(25)13-21(22)24/h4-13,16,27H,1-3H3,(H,26,28). The van der Waals surface area contributed by atoms with Crippen LogP contribution in [-0.2, 0) is 14.8 Å². The number of amides is 1. The summed E-state index contributed by atoms with van der Waals surface area (Å²) in [5.41, 5.74) is 3.01. The number of sulfonamides is 1. The molecule has 168 valence electrons. The van der Waals surface area contributed by atoms with E-state index in [1.54, 1.807) is 37.3 Å². The summed E-state index contributed by atoms with van der Waals surface area (Å²) in [4.78, 5) is 12.6. The third-order valence-electron chi connectivity index (χ3n) is 4.76. The largest absolute Gasteiger partial charge is 0.480 e. The van der Waals surface area contributed by atoms with Gasteiger partial charge >= 0.3 is 0 Å². The molecule has 0 heterocycles. The van der Waals surface area contributed by atoms with Gasteiger partial charge in [-0.1, -0.05) is 17.7 Å². The molecule has 0 aliphatic carbocycles. The fourth-order valence-corrected chi connectivity index (χ4v) is 4.62. The Balaban J connectivity index is 1.65. The van der Waals surface area contributed by atoms with Crippen LogP contribution in [-0.4, -0.2) is 20.4 Å². The summed E-state index contributed by atoms with van der Waals surface area (Å²) >= 11 is 9.26. The summed E-state index contributed by atoms with van der Waals surface area (Å²) in [5.74, 6) is 0.103. The van der Waals surface area contributed by atoms with Gasteiger partial charge < -0.3 is 10.1 Å². The van der Waals surface area contributed by atoms with Crippen LogP contribution in [0.1, 0.15) is 18.1 Å². The molecular weight excluding hydrogens is 516 g/mol. The summed E-state index contributed by atoms with van der Waals surface area (Å²) in [6.45, 7) is 5.49. The highest BCUT2D eigenvalue weighted by molar-refractivity contribution is 9.10. The minimum Gasteiger partial charge on any atom is -0.480 e. The molecule has 0 aliphatic heterocycles. The van der Waals surface area contributed by atoms with Crippen LogP contribution in [0.15, 0.2) is 70.0 Å². The molecule has 32 heavy (non-hydrogen) atoms. The van der Waals surface area contributed by atoms with E-state index in [0.29, 0.717) is 26.6 Å². The zero-order valence-electron chi connectivity index (χ0n) is 17.6. The predicted octanol–water partition coefficient (Wildman–Crippen LogP) is 5.93. The molecule has 9 heteroatoms. The van der Waals surface area contributed by atoms with Gasteiger partial charge in [0.25, 0.3) is 15.9 Å². The number of benzene rings is 3. The van der Waals surface area contributed by atoms with Gasteiger partial charge in [-0.3, -0.25) is 9.52 Å². The molecule has 3 aromatic rings. The van der Waals surface area contributed by atoms with Gasteiger partial charge in [-0.05, 0) is 102 Å². The zero-order valence-corrected chi connectivity index (χ0v) is 20.8. The summed E-state index contributed by atoms with van der Waals surface area (Å²) in [6.07, 6.45) is -0.790. The topological polar surface area (TPSA) is 84.5 Å². The minimum atomic E-state index is -3.76. The van der Waals surface area contributed by atoms with E-state index in [-0.39, 0.29) is 10.8 Å². The van der Waals surface area contributed by atoms with E-state index >= 15 is 0 Å². The first-order chi connectivity index (χ1) is 15.0. The number of anilines is 2. The van der Waals surface area contributed by atoms with Crippen molar-refractivity contribution in [2.75, 3.05) is 10.0 Å². The highest BCUT2D eigenvalue weighted by Gasteiger charge is 2.18. The number of ether oxygens (including phenoxy) is 1. The average molecular weight is 538 g/mol. The van der Waals surface area contributed by atoms with E-state index in [1.807, 2.05) is 19.9 Å². The third kappa shape index (κ3) is 6.03. The molecule has 1 unspecified atom stereocenters. The van der Waals surface area contributed by atoms with Gasteiger partial charge in [-0.25, -0.2) is 8.42 Å². The number of aryl methyl sites for hydroxylation is 2. The Morgan fingerprint density at radius 3 is 2.25 bits per heavy atom. The molecule has 6 nitrogen and oxygen atoms in total. The molecule has 0 saturated carbocycles. The Morgan fingerprint density at radius 1 is 0.969 bits per heavy atom. The predicted molar refractivity (Wildman–Crippen MR) is 131 cm³/mol. The zero-order chi connectivity index (χ0) is 23.5. The van der Waals surface area contributed by atoms with Gasteiger partial charge in [0, 0.05) is 16.4 Å². The van der Waals surface area contributed by atoms with E-state index in [4.69, 9.17) is 16.3 Å². The first kappa shape index (κ1) is 24.1. The number of carbonyl (C=O) groups excluding carboxylic acids is 1. The fourth-order valence-electron chi connectivity index (χ4n) is 2.80. The van der Waals surface area contributed by atoms with Gasteiger partial charge in [-0.2, -0.15) is 0 Å². The normalized spacial score (nSPS) is 12.2. The molecule has 3 aromatic carbocycles. The molecule has 3 rings (SSSR count). The van der Waals surface area contributed by atoms with E-state index in [9.17, 15) is 13.2 Å². The van der Waals surface area contributed by atoms with Crippen molar-refractivity contribution < 1.29 is 17.9 Å². The highest BCUT2D eigenvalue weighted by atomic mass is 79.9. The highest BCUT2D eigenvalue weighted by Crippen LogP contribution is 2.29. The summed E-state index contributed by atoms with van der Waals surface area (Å²) in [6, 6.07) is 16.3. The maximum atomic E-state index is 12.7. The van der Waals surface area contributed by atoms with Crippen LogP contribution in [0.2, 0.25) is 5.02 Å². The monoisotopic (exact) mass is 536 g/mol. The van der Waals surface area contributed by atoms with Crippen molar-refractivity contribution in [1.82, 2.24) is 0 Å². The van der Waals surface area contributed by atoms with Crippen molar-refractivity contribution in [3.05, 3.63) is 81.3 Å². The second kappa shape index (κ2) is 9.94. The van der Waals surface area contributed by atoms with Crippen LogP contribution in [0, 0.1) is 13.8 Å². The lowest BCUT2D eigenvalue weighted by Crippen LogP contribution is -2.30. The molecule has 1 atom stereocenters. The van der Waals surface area contributed by atoms with Crippen LogP contribution < -0.4 is 14.8 Å². The molecule has 0 aromatic heterocycles. The molecule has 0 bridgehead atoms. The third-order valence-corrected chi connectivity index (χ3v) is 7.01. The molecule has 0 fully saturated rings. The lowest BCUT2D eigenvalue weighted by atomic mass is 10.1. The maximum absolute atomic E-state index is 12.7. The Morgan fingerprint density at radius 2 is 1.62 bits per heavy atom. The molecule has 1 amide bonds.